The first-order valence-corrected chi connectivity index (χ1v) is 8.98. The number of nitrogen functional groups attached to an aromatic ring is 1. The Labute approximate surface area is 160 Å². The van der Waals surface area contributed by atoms with Crippen LogP contribution in [0.5, 0.6) is 0 Å². The second-order valence-electron chi connectivity index (χ2n) is 6.16. The average molecular weight is 391 g/mol. The lowest BCUT2D eigenvalue weighted by Crippen LogP contribution is -2.35. The van der Waals surface area contributed by atoms with E-state index in [1.54, 1.807) is 18.2 Å². The first-order valence-electron chi connectivity index (χ1n) is 8.23. The molecule has 134 valence electrons. The highest BCUT2D eigenvalue weighted by Gasteiger charge is 2.27. The minimum atomic E-state index is 0.118. The van der Waals surface area contributed by atoms with Gasteiger partial charge in [-0.1, -0.05) is 28.4 Å². The molecule has 0 bridgehead atoms. The Hall–Kier alpha value is -2.38. The number of nitrogens with zero attached hydrogens (tertiary/aromatic N) is 5. The molecule has 2 N–H and O–H groups in total. The van der Waals surface area contributed by atoms with Crippen molar-refractivity contribution in [3.63, 3.8) is 0 Å². The Morgan fingerprint density at radius 1 is 1.12 bits per heavy atom. The number of rotatable bonds is 3. The highest BCUT2D eigenvalue weighted by Crippen LogP contribution is 2.30. The summed E-state index contributed by atoms with van der Waals surface area (Å²) in [7, 11) is 0. The fourth-order valence-corrected chi connectivity index (χ4v) is 3.40. The third-order valence-corrected chi connectivity index (χ3v) is 4.78. The zero-order valence-corrected chi connectivity index (χ0v) is 15.3. The molecule has 1 aliphatic rings. The van der Waals surface area contributed by atoms with Gasteiger partial charge in [-0.15, -0.1) is 0 Å². The van der Waals surface area contributed by atoms with Crippen LogP contribution in [0.1, 0.15) is 24.7 Å². The quantitative estimate of drug-likeness (QED) is 0.679. The van der Waals surface area contributed by atoms with Gasteiger partial charge < -0.3 is 15.2 Å². The standard InChI is InChI=1S/C17H16Cl2N6O/c18-12-5-3-10(4-6-12)15-23-16(26-24-15)11-2-1-7-25(9-11)14-8-13(19)21-17(20)22-14/h3-6,8,11H,1-2,7,9H2,(H2,20,21,22). The normalized spacial score (nSPS) is 17.5. The summed E-state index contributed by atoms with van der Waals surface area (Å²) in [6, 6.07) is 9.07. The number of anilines is 2. The predicted octanol–water partition coefficient (Wildman–Crippen LogP) is 3.80. The Bertz CT molecular complexity index is 894. The van der Waals surface area contributed by atoms with Gasteiger partial charge in [0.05, 0.1) is 5.92 Å². The summed E-state index contributed by atoms with van der Waals surface area (Å²) in [5, 5.41) is 5.10. The molecule has 1 saturated heterocycles. The molecule has 0 saturated carbocycles. The molecular weight excluding hydrogens is 375 g/mol. The molecule has 7 nitrogen and oxygen atoms in total. The van der Waals surface area contributed by atoms with E-state index in [0.717, 1.165) is 24.9 Å². The van der Waals surface area contributed by atoms with Crippen LogP contribution in [-0.4, -0.2) is 33.2 Å². The summed E-state index contributed by atoms with van der Waals surface area (Å²) in [4.78, 5) is 14.9. The molecule has 1 aliphatic heterocycles. The summed E-state index contributed by atoms with van der Waals surface area (Å²) < 4.78 is 5.52. The molecule has 4 rings (SSSR count). The van der Waals surface area contributed by atoms with Crippen LogP contribution in [0.3, 0.4) is 0 Å². The lowest BCUT2D eigenvalue weighted by molar-refractivity contribution is 0.333. The minimum Gasteiger partial charge on any atom is -0.368 e. The summed E-state index contributed by atoms with van der Waals surface area (Å²) in [6.45, 7) is 1.57. The maximum absolute atomic E-state index is 6.00. The van der Waals surface area contributed by atoms with E-state index in [1.807, 2.05) is 12.1 Å². The zero-order valence-electron chi connectivity index (χ0n) is 13.8. The van der Waals surface area contributed by atoms with E-state index in [0.29, 0.717) is 34.3 Å². The monoisotopic (exact) mass is 390 g/mol. The van der Waals surface area contributed by atoms with Crippen LogP contribution in [0.15, 0.2) is 34.9 Å². The van der Waals surface area contributed by atoms with Crippen LogP contribution < -0.4 is 10.6 Å². The van der Waals surface area contributed by atoms with Crippen molar-refractivity contribution in [3.05, 3.63) is 46.4 Å². The second-order valence-corrected chi connectivity index (χ2v) is 6.98. The van der Waals surface area contributed by atoms with E-state index in [1.165, 1.54) is 0 Å². The number of benzene rings is 1. The SMILES string of the molecule is Nc1nc(Cl)cc(N2CCCC(c3nc(-c4ccc(Cl)cc4)no3)C2)n1. The molecule has 0 aliphatic carbocycles. The maximum atomic E-state index is 6.00. The van der Waals surface area contributed by atoms with Crippen molar-refractivity contribution in [2.45, 2.75) is 18.8 Å². The van der Waals surface area contributed by atoms with Crippen molar-refractivity contribution in [3.8, 4) is 11.4 Å². The molecule has 1 atom stereocenters. The molecule has 1 fully saturated rings. The Kier molecular flexibility index (Phi) is 4.65. The molecule has 2 aromatic heterocycles. The highest BCUT2D eigenvalue weighted by atomic mass is 35.5. The van der Waals surface area contributed by atoms with Crippen LogP contribution in [0.25, 0.3) is 11.4 Å². The number of piperidine rings is 1. The van der Waals surface area contributed by atoms with Gasteiger partial charge in [-0.25, -0.2) is 4.98 Å². The van der Waals surface area contributed by atoms with E-state index in [4.69, 9.17) is 33.5 Å². The van der Waals surface area contributed by atoms with Gasteiger partial charge in [-0.05, 0) is 37.1 Å². The van der Waals surface area contributed by atoms with Crippen molar-refractivity contribution in [1.82, 2.24) is 20.1 Å². The van der Waals surface area contributed by atoms with Gasteiger partial charge in [0, 0.05) is 29.7 Å². The van der Waals surface area contributed by atoms with Gasteiger partial charge in [-0.3, -0.25) is 0 Å². The van der Waals surface area contributed by atoms with Crippen molar-refractivity contribution in [1.29, 1.82) is 0 Å². The Morgan fingerprint density at radius 2 is 1.92 bits per heavy atom. The van der Waals surface area contributed by atoms with E-state index in [-0.39, 0.29) is 11.9 Å². The van der Waals surface area contributed by atoms with Crippen LogP contribution >= 0.6 is 23.2 Å². The third kappa shape index (κ3) is 3.59. The van der Waals surface area contributed by atoms with Crippen LogP contribution in [-0.2, 0) is 0 Å². The molecule has 0 amide bonds. The minimum absolute atomic E-state index is 0.118. The summed E-state index contributed by atoms with van der Waals surface area (Å²) in [6.07, 6.45) is 1.94. The largest absolute Gasteiger partial charge is 0.368 e. The molecule has 0 spiro atoms. The molecule has 3 aromatic rings. The summed E-state index contributed by atoms with van der Waals surface area (Å²) in [5.74, 6) is 2.17. The molecule has 9 heteroatoms. The van der Waals surface area contributed by atoms with Gasteiger partial charge in [0.15, 0.2) is 0 Å². The first kappa shape index (κ1) is 17.1. The van der Waals surface area contributed by atoms with E-state index < -0.39 is 0 Å². The topological polar surface area (TPSA) is 94.0 Å². The van der Waals surface area contributed by atoms with Gasteiger partial charge in [0.1, 0.15) is 11.0 Å². The number of nitrogens with two attached hydrogens (primary N) is 1. The number of hydrogen-bond acceptors (Lipinski definition) is 7. The number of aromatic nitrogens is 4. The first-order chi connectivity index (χ1) is 12.6. The molecular formula is C17H16Cl2N6O. The average Bonchev–Trinajstić information content (AvgIpc) is 3.12. The van der Waals surface area contributed by atoms with Crippen molar-refractivity contribution in [2.24, 2.45) is 0 Å². The van der Waals surface area contributed by atoms with Crippen LogP contribution in [0, 0.1) is 0 Å². The van der Waals surface area contributed by atoms with Crippen LogP contribution in [0.4, 0.5) is 11.8 Å². The van der Waals surface area contributed by atoms with Gasteiger partial charge >= 0.3 is 0 Å². The third-order valence-electron chi connectivity index (χ3n) is 4.34. The van der Waals surface area contributed by atoms with Crippen molar-refractivity contribution >= 4 is 35.0 Å². The number of halogens is 2. The van der Waals surface area contributed by atoms with E-state index >= 15 is 0 Å². The summed E-state index contributed by atoms with van der Waals surface area (Å²) >= 11 is 11.9. The smallest absolute Gasteiger partial charge is 0.231 e. The molecule has 1 aromatic carbocycles. The lowest BCUT2D eigenvalue weighted by Gasteiger charge is -2.31. The molecule has 0 radical (unpaired) electrons. The van der Waals surface area contributed by atoms with E-state index in [2.05, 4.69) is 25.0 Å². The zero-order chi connectivity index (χ0) is 18.1. The summed E-state index contributed by atoms with van der Waals surface area (Å²) in [5.41, 5.74) is 6.57. The molecule has 26 heavy (non-hydrogen) atoms. The number of hydrogen-bond donors (Lipinski definition) is 1. The lowest BCUT2D eigenvalue weighted by atomic mass is 9.98. The highest BCUT2D eigenvalue weighted by molar-refractivity contribution is 6.30. The van der Waals surface area contributed by atoms with E-state index in [9.17, 15) is 0 Å². The van der Waals surface area contributed by atoms with Crippen LogP contribution in [0.2, 0.25) is 10.2 Å². The van der Waals surface area contributed by atoms with Crippen molar-refractivity contribution in [2.75, 3.05) is 23.7 Å². The fourth-order valence-electron chi connectivity index (χ4n) is 3.09. The Morgan fingerprint density at radius 3 is 2.69 bits per heavy atom. The van der Waals surface area contributed by atoms with Gasteiger partial charge in [0.25, 0.3) is 0 Å². The maximum Gasteiger partial charge on any atom is 0.231 e. The molecule has 1 unspecified atom stereocenters. The Balaban J connectivity index is 1.54. The fraction of sp³-hybridized carbons (Fsp3) is 0.294. The van der Waals surface area contributed by atoms with Crippen molar-refractivity contribution < 1.29 is 4.52 Å². The predicted molar refractivity (Wildman–Crippen MR) is 100 cm³/mol. The van der Waals surface area contributed by atoms with Gasteiger partial charge in [-0.2, -0.15) is 9.97 Å². The second kappa shape index (κ2) is 7.09. The van der Waals surface area contributed by atoms with Gasteiger partial charge in [0.2, 0.25) is 17.7 Å². The molecule has 3 heterocycles.